The zero-order valence-corrected chi connectivity index (χ0v) is 12.8. The van der Waals surface area contributed by atoms with Gasteiger partial charge in [0.2, 0.25) is 10.0 Å². The van der Waals surface area contributed by atoms with Crippen LogP contribution in [0.5, 0.6) is 0 Å². The van der Waals surface area contributed by atoms with Crippen LogP contribution in [0.4, 0.5) is 5.69 Å². The summed E-state index contributed by atoms with van der Waals surface area (Å²) >= 11 is 3.10. The molecule has 1 heterocycles. The van der Waals surface area contributed by atoms with Gasteiger partial charge in [0.1, 0.15) is 0 Å². The monoisotopic (exact) mass is 358 g/mol. The Bertz CT molecular complexity index is 768. The fourth-order valence-corrected chi connectivity index (χ4v) is 2.93. The maximum absolute atomic E-state index is 12.0. The number of anilines is 1. The first-order valence-electron chi connectivity index (χ1n) is 5.47. The molecule has 0 saturated carbocycles. The minimum absolute atomic E-state index is 0.0263. The maximum Gasteiger partial charge on any atom is 0.260 e. The van der Waals surface area contributed by atoms with Crippen molar-refractivity contribution in [3.05, 3.63) is 46.3 Å². The number of hydrogen-bond acceptors (Lipinski definition) is 4. The zero-order valence-electron chi connectivity index (χ0n) is 10.4. The fourth-order valence-electron chi connectivity index (χ4n) is 1.70. The van der Waals surface area contributed by atoms with Crippen LogP contribution >= 0.6 is 15.9 Å². The van der Waals surface area contributed by atoms with Crippen LogP contribution in [0.2, 0.25) is 0 Å². The summed E-state index contributed by atoms with van der Waals surface area (Å²) < 4.78 is 28.1. The summed E-state index contributed by atoms with van der Waals surface area (Å²) in [7, 11) is -3.83. The van der Waals surface area contributed by atoms with E-state index in [9.17, 15) is 13.2 Å². The molecule has 0 bridgehead atoms. The van der Waals surface area contributed by atoms with E-state index in [-0.39, 0.29) is 4.90 Å². The van der Waals surface area contributed by atoms with Crippen molar-refractivity contribution >= 4 is 37.5 Å². The topological polar surface area (TPSA) is 102 Å². The van der Waals surface area contributed by atoms with Crippen molar-refractivity contribution < 1.29 is 17.6 Å². The lowest BCUT2D eigenvalue weighted by Crippen LogP contribution is -2.17. The SMILES string of the molecule is Cc1c(NC(=O)c2ccoc2Br)cccc1S(N)(=O)=O. The van der Waals surface area contributed by atoms with E-state index in [0.717, 1.165) is 0 Å². The highest BCUT2D eigenvalue weighted by molar-refractivity contribution is 9.10. The first-order valence-corrected chi connectivity index (χ1v) is 7.81. The van der Waals surface area contributed by atoms with E-state index in [1.54, 1.807) is 13.0 Å². The van der Waals surface area contributed by atoms with E-state index in [1.807, 2.05) is 0 Å². The van der Waals surface area contributed by atoms with Crippen molar-refractivity contribution in [3.8, 4) is 0 Å². The molecule has 1 aromatic heterocycles. The number of carbonyl (C=O) groups excluding carboxylic acids is 1. The number of sulfonamides is 1. The second-order valence-electron chi connectivity index (χ2n) is 4.04. The third-order valence-corrected chi connectivity index (χ3v) is 4.37. The molecule has 0 atom stereocenters. The number of furan rings is 1. The minimum atomic E-state index is -3.83. The second-order valence-corrected chi connectivity index (χ2v) is 6.29. The summed E-state index contributed by atoms with van der Waals surface area (Å²) in [6.07, 6.45) is 1.37. The minimum Gasteiger partial charge on any atom is -0.457 e. The van der Waals surface area contributed by atoms with Crippen molar-refractivity contribution in [1.82, 2.24) is 0 Å². The van der Waals surface area contributed by atoms with Crippen LogP contribution in [-0.4, -0.2) is 14.3 Å². The van der Waals surface area contributed by atoms with Crippen molar-refractivity contribution in [2.24, 2.45) is 5.14 Å². The number of carbonyl (C=O) groups is 1. The Hall–Kier alpha value is -1.64. The lowest BCUT2D eigenvalue weighted by molar-refractivity contribution is 0.102. The molecule has 0 aliphatic carbocycles. The molecule has 2 rings (SSSR count). The summed E-state index contributed by atoms with van der Waals surface area (Å²) in [4.78, 5) is 12.0. The largest absolute Gasteiger partial charge is 0.457 e. The Morgan fingerprint density at radius 2 is 2.05 bits per heavy atom. The molecule has 1 amide bonds. The Morgan fingerprint density at radius 3 is 2.60 bits per heavy atom. The molecule has 0 unspecified atom stereocenters. The van der Waals surface area contributed by atoms with Crippen LogP contribution in [0.1, 0.15) is 15.9 Å². The average Bonchev–Trinajstić information content (AvgIpc) is 2.76. The Labute approximate surface area is 124 Å². The van der Waals surface area contributed by atoms with Gasteiger partial charge in [-0.1, -0.05) is 6.07 Å². The van der Waals surface area contributed by atoms with Gasteiger partial charge in [-0.15, -0.1) is 0 Å². The number of rotatable bonds is 3. The van der Waals surface area contributed by atoms with Gasteiger partial charge in [0.05, 0.1) is 16.7 Å². The first kappa shape index (κ1) is 14.8. The molecule has 3 N–H and O–H groups in total. The van der Waals surface area contributed by atoms with E-state index in [4.69, 9.17) is 9.56 Å². The molecule has 0 spiro atoms. The van der Waals surface area contributed by atoms with Gasteiger partial charge < -0.3 is 9.73 Å². The van der Waals surface area contributed by atoms with E-state index in [1.165, 1.54) is 24.5 Å². The van der Waals surface area contributed by atoms with Gasteiger partial charge in [0.25, 0.3) is 5.91 Å². The summed E-state index contributed by atoms with van der Waals surface area (Å²) in [5, 5.41) is 7.73. The number of primary sulfonamides is 1. The summed E-state index contributed by atoms with van der Waals surface area (Å²) in [5.41, 5.74) is 1.06. The van der Waals surface area contributed by atoms with Crippen molar-refractivity contribution in [1.29, 1.82) is 0 Å². The van der Waals surface area contributed by atoms with Crippen molar-refractivity contribution in [2.75, 3.05) is 5.32 Å². The molecule has 0 radical (unpaired) electrons. The van der Waals surface area contributed by atoms with Crippen LogP contribution in [0.15, 0.2) is 44.5 Å². The highest BCUT2D eigenvalue weighted by atomic mass is 79.9. The van der Waals surface area contributed by atoms with Crippen LogP contribution in [0.3, 0.4) is 0 Å². The predicted molar refractivity (Wildman–Crippen MR) is 76.9 cm³/mol. The van der Waals surface area contributed by atoms with Crippen LogP contribution < -0.4 is 10.5 Å². The van der Waals surface area contributed by atoms with E-state index >= 15 is 0 Å². The van der Waals surface area contributed by atoms with Gasteiger partial charge >= 0.3 is 0 Å². The molecule has 1 aromatic carbocycles. The van der Waals surface area contributed by atoms with E-state index in [0.29, 0.717) is 21.5 Å². The molecule has 6 nitrogen and oxygen atoms in total. The molecule has 2 aromatic rings. The van der Waals surface area contributed by atoms with Gasteiger partial charge in [-0.25, -0.2) is 13.6 Å². The number of nitrogens with two attached hydrogens (primary N) is 1. The lowest BCUT2D eigenvalue weighted by atomic mass is 10.2. The first-order chi connectivity index (χ1) is 9.30. The number of benzene rings is 1. The molecular weight excluding hydrogens is 348 g/mol. The standard InChI is InChI=1S/C12H11BrN2O4S/c1-7-9(3-2-4-10(7)20(14,17)18)15-12(16)8-5-6-19-11(8)13/h2-6H,1H3,(H,15,16)(H2,14,17,18). The number of amides is 1. The molecule has 8 heteroatoms. The third-order valence-electron chi connectivity index (χ3n) is 2.70. The summed E-state index contributed by atoms with van der Waals surface area (Å²) in [5.74, 6) is -0.416. The van der Waals surface area contributed by atoms with Crippen LogP contribution in [0, 0.1) is 6.92 Å². The molecule has 0 saturated heterocycles. The summed E-state index contributed by atoms with van der Waals surface area (Å²) in [6, 6.07) is 5.98. The number of halogens is 1. The van der Waals surface area contributed by atoms with E-state index < -0.39 is 15.9 Å². The fraction of sp³-hybridized carbons (Fsp3) is 0.0833. The molecule has 106 valence electrons. The molecule has 0 aliphatic rings. The van der Waals surface area contributed by atoms with Crippen LogP contribution in [0.25, 0.3) is 0 Å². The van der Waals surface area contributed by atoms with E-state index in [2.05, 4.69) is 21.2 Å². The average molecular weight is 359 g/mol. The van der Waals surface area contributed by atoms with Gasteiger partial charge in [0.15, 0.2) is 4.67 Å². The highest BCUT2D eigenvalue weighted by Gasteiger charge is 2.17. The van der Waals surface area contributed by atoms with Gasteiger partial charge in [-0.05, 0) is 46.6 Å². The van der Waals surface area contributed by atoms with Gasteiger partial charge in [-0.3, -0.25) is 4.79 Å². The Balaban J connectivity index is 2.36. The third kappa shape index (κ3) is 2.92. The zero-order chi connectivity index (χ0) is 14.9. The summed E-state index contributed by atoms with van der Waals surface area (Å²) in [6.45, 7) is 1.57. The Morgan fingerprint density at radius 1 is 1.35 bits per heavy atom. The van der Waals surface area contributed by atoms with Crippen LogP contribution in [-0.2, 0) is 10.0 Å². The van der Waals surface area contributed by atoms with Gasteiger partial charge in [0, 0.05) is 5.69 Å². The predicted octanol–water partition coefficient (Wildman–Crippen LogP) is 2.25. The quantitative estimate of drug-likeness (QED) is 0.877. The number of nitrogens with one attached hydrogen (secondary N) is 1. The van der Waals surface area contributed by atoms with Crippen molar-refractivity contribution in [3.63, 3.8) is 0 Å². The number of hydrogen-bond donors (Lipinski definition) is 2. The molecule has 0 aliphatic heterocycles. The normalized spacial score (nSPS) is 11.3. The second kappa shape index (κ2) is 5.39. The lowest BCUT2D eigenvalue weighted by Gasteiger charge is -2.10. The molecule has 20 heavy (non-hydrogen) atoms. The smallest absolute Gasteiger partial charge is 0.260 e. The maximum atomic E-state index is 12.0. The molecule has 0 fully saturated rings. The Kier molecular flexibility index (Phi) is 3.98. The van der Waals surface area contributed by atoms with Crippen molar-refractivity contribution in [2.45, 2.75) is 11.8 Å². The highest BCUT2D eigenvalue weighted by Crippen LogP contribution is 2.24. The molecular formula is C12H11BrN2O4S. The van der Waals surface area contributed by atoms with Gasteiger partial charge in [-0.2, -0.15) is 0 Å².